The molecule has 0 saturated heterocycles. The van der Waals surface area contributed by atoms with Crippen molar-refractivity contribution in [3.05, 3.63) is 63.2 Å². The molecule has 0 bridgehead atoms. The highest BCUT2D eigenvalue weighted by atomic mass is 35.5. The topological polar surface area (TPSA) is 64.4 Å². The number of nitrogens with zero attached hydrogens (tertiary/aromatic N) is 1. The van der Waals surface area contributed by atoms with Crippen LogP contribution < -0.4 is 10.1 Å². The maximum atomic E-state index is 11.0. The van der Waals surface area contributed by atoms with Crippen LogP contribution >= 0.6 is 11.6 Å². The molecule has 0 aliphatic rings. The quantitative estimate of drug-likeness (QED) is 0.655. The van der Waals surface area contributed by atoms with Crippen molar-refractivity contribution in [3.63, 3.8) is 0 Å². The molecule has 0 radical (unpaired) electrons. The standard InChI is InChI=1S/C15H15ClN2O3/c1-10(11-3-6-13(21-2)7-4-11)17-14-9-12(16)5-8-15(14)18(19)20/h3-10,17H,1-2H3. The smallest absolute Gasteiger partial charge is 0.292 e. The van der Waals surface area contributed by atoms with E-state index in [0.717, 1.165) is 11.3 Å². The van der Waals surface area contributed by atoms with Crippen LogP contribution in [0.1, 0.15) is 18.5 Å². The Morgan fingerprint density at radius 3 is 2.48 bits per heavy atom. The Morgan fingerprint density at radius 2 is 1.90 bits per heavy atom. The minimum absolute atomic E-state index is 0.000221. The van der Waals surface area contributed by atoms with E-state index in [9.17, 15) is 10.1 Å². The molecule has 21 heavy (non-hydrogen) atoms. The van der Waals surface area contributed by atoms with Crippen LogP contribution in [-0.4, -0.2) is 12.0 Å². The van der Waals surface area contributed by atoms with Gasteiger partial charge < -0.3 is 10.1 Å². The molecule has 1 N–H and O–H groups in total. The van der Waals surface area contributed by atoms with Crippen molar-refractivity contribution in [2.24, 2.45) is 0 Å². The second-order valence-corrected chi connectivity index (χ2v) is 4.99. The molecule has 110 valence electrons. The molecule has 2 aromatic rings. The predicted molar refractivity (Wildman–Crippen MR) is 83.1 cm³/mol. The summed E-state index contributed by atoms with van der Waals surface area (Å²) in [7, 11) is 1.60. The van der Waals surface area contributed by atoms with Gasteiger partial charge in [0.1, 0.15) is 11.4 Å². The first kappa shape index (κ1) is 15.1. The Kier molecular flexibility index (Phi) is 4.65. The first-order valence-electron chi connectivity index (χ1n) is 6.35. The van der Waals surface area contributed by atoms with Crippen LogP contribution in [0.2, 0.25) is 5.02 Å². The zero-order valence-corrected chi connectivity index (χ0v) is 12.4. The molecule has 2 aromatic carbocycles. The van der Waals surface area contributed by atoms with Gasteiger partial charge in [-0.25, -0.2) is 0 Å². The third-order valence-electron chi connectivity index (χ3n) is 3.14. The summed E-state index contributed by atoms with van der Waals surface area (Å²) in [5.74, 6) is 0.764. The Hall–Kier alpha value is -2.27. The van der Waals surface area contributed by atoms with Gasteiger partial charge in [-0.1, -0.05) is 23.7 Å². The van der Waals surface area contributed by atoms with Crippen LogP contribution in [0.3, 0.4) is 0 Å². The number of nitro benzene ring substituents is 1. The summed E-state index contributed by atoms with van der Waals surface area (Å²) in [5.41, 5.74) is 1.39. The second kappa shape index (κ2) is 6.45. The van der Waals surface area contributed by atoms with E-state index in [0.29, 0.717) is 10.7 Å². The van der Waals surface area contributed by atoms with Gasteiger partial charge in [0.25, 0.3) is 5.69 Å². The van der Waals surface area contributed by atoms with Gasteiger partial charge in [0, 0.05) is 17.1 Å². The molecule has 0 heterocycles. The Labute approximate surface area is 127 Å². The van der Waals surface area contributed by atoms with Crippen molar-refractivity contribution in [1.82, 2.24) is 0 Å². The number of ether oxygens (including phenoxy) is 1. The van der Waals surface area contributed by atoms with E-state index in [-0.39, 0.29) is 11.7 Å². The first-order chi connectivity index (χ1) is 10.0. The molecular weight excluding hydrogens is 292 g/mol. The number of anilines is 1. The SMILES string of the molecule is COc1ccc(C(C)Nc2cc(Cl)ccc2[N+](=O)[O-])cc1. The summed E-state index contributed by atoms with van der Waals surface area (Å²) in [6.07, 6.45) is 0. The first-order valence-corrected chi connectivity index (χ1v) is 6.73. The normalized spacial score (nSPS) is 11.8. The van der Waals surface area contributed by atoms with Crippen LogP contribution in [0.5, 0.6) is 5.75 Å². The Bertz CT molecular complexity index is 644. The number of methoxy groups -OCH3 is 1. The zero-order valence-electron chi connectivity index (χ0n) is 11.7. The molecule has 1 unspecified atom stereocenters. The molecule has 2 rings (SSSR count). The largest absolute Gasteiger partial charge is 0.497 e. The summed E-state index contributed by atoms with van der Waals surface area (Å²) in [4.78, 5) is 10.6. The summed E-state index contributed by atoms with van der Waals surface area (Å²) >= 11 is 5.91. The molecule has 0 aliphatic carbocycles. The number of benzene rings is 2. The zero-order chi connectivity index (χ0) is 15.4. The van der Waals surface area contributed by atoms with E-state index in [1.165, 1.54) is 12.1 Å². The molecule has 0 spiro atoms. The minimum Gasteiger partial charge on any atom is -0.497 e. The average molecular weight is 307 g/mol. The molecule has 0 saturated carbocycles. The number of nitro groups is 1. The lowest BCUT2D eigenvalue weighted by Crippen LogP contribution is -2.08. The molecule has 0 amide bonds. The molecule has 5 nitrogen and oxygen atoms in total. The third kappa shape index (κ3) is 3.64. The van der Waals surface area contributed by atoms with Gasteiger partial charge in [0.15, 0.2) is 0 Å². The molecule has 0 aromatic heterocycles. The fourth-order valence-corrected chi connectivity index (χ4v) is 2.16. The van der Waals surface area contributed by atoms with Gasteiger partial charge in [-0.05, 0) is 36.8 Å². The minimum atomic E-state index is -0.431. The van der Waals surface area contributed by atoms with Crippen LogP contribution in [0.15, 0.2) is 42.5 Å². The van der Waals surface area contributed by atoms with Crippen molar-refractivity contribution in [1.29, 1.82) is 0 Å². The Balaban J connectivity index is 2.24. The number of rotatable bonds is 5. The molecular formula is C15H15ClN2O3. The van der Waals surface area contributed by atoms with Crippen LogP contribution in [-0.2, 0) is 0 Å². The molecule has 1 atom stereocenters. The van der Waals surface area contributed by atoms with Crippen molar-refractivity contribution in [3.8, 4) is 5.75 Å². The third-order valence-corrected chi connectivity index (χ3v) is 3.38. The lowest BCUT2D eigenvalue weighted by molar-refractivity contribution is -0.384. The van der Waals surface area contributed by atoms with Crippen LogP contribution in [0.4, 0.5) is 11.4 Å². The van der Waals surface area contributed by atoms with Gasteiger partial charge in [-0.3, -0.25) is 10.1 Å². The maximum absolute atomic E-state index is 11.0. The number of nitrogens with one attached hydrogen (secondary N) is 1. The highest BCUT2D eigenvalue weighted by molar-refractivity contribution is 6.31. The maximum Gasteiger partial charge on any atom is 0.292 e. The molecule has 0 fully saturated rings. The van der Waals surface area contributed by atoms with E-state index < -0.39 is 4.92 Å². The fraction of sp³-hybridized carbons (Fsp3) is 0.200. The fourth-order valence-electron chi connectivity index (χ4n) is 1.99. The van der Waals surface area contributed by atoms with Gasteiger partial charge in [0.05, 0.1) is 12.0 Å². The van der Waals surface area contributed by atoms with Gasteiger partial charge in [-0.2, -0.15) is 0 Å². The molecule has 0 aliphatic heterocycles. The lowest BCUT2D eigenvalue weighted by atomic mass is 10.1. The predicted octanol–water partition coefficient (Wildman–Crippen LogP) is 4.43. The van der Waals surface area contributed by atoms with Gasteiger partial charge in [-0.15, -0.1) is 0 Å². The Morgan fingerprint density at radius 1 is 1.24 bits per heavy atom. The second-order valence-electron chi connectivity index (χ2n) is 4.56. The lowest BCUT2D eigenvalue weighted by Gasteiger charge is -2.16. The number of hydrogen-bond donors (Lipinski definition) is 1. The van der Waals surface area contributed by atoms with Crippen molar-refractivity contribution >= 4 is 23.0 Å². The molecule has 6 heteroatoms. The van der Waals surface area contributed by atoms with E-state index in [4.69, 9.17) is 16.3 Å². The van der Waals surface area contributed by atoms with E-state index >= 15 is 0 Å². The van der Waals surface area contributed by atoms with Crippen molar-refractivity contribution < 1.29 is 9.66 Å². The average Bonchev–Trinajstić information content (AvgIpc) is 2.47. The highest BCUT2D eigenvalue weighted by Crippen LogP contribution is 2.31. The number of halogens is 1. The summed E-state index contributed by atoms with van der Waals surface area (Å²) < 4.78 is 5.11. The summed E-state index contributed by atoms with van der Waals surface area (Å²) in [6.45, 7) is 1.92. The van der Waals surface area contributed by atoms with E-state index in [2.05, 4.69) is 5.32 Å². The van der Waals surface area contributed by atoms with Crippen LogP contribution in [0, 0.1) is 10.1 Å². The summed E-state index contributed by atoms with van der Waals surface area (Å²) in [5, 5.41) is 14.6. The highest BCUT2D eigenvalue weighted by Gasteiger charge is 2.16. The summed E-state index contributed by atoms with van der Waals surface area (Å²) in [6, 6.07) is 11.9. The number of hydrogen-bond acceptors (Lipinski definition) is 4. The van der Waals surface area contributed by atoms with Crippen molar-refractivity contribution in [2.75, 3.05) is 12.4 Å². The van der Waals surface area contributed by atoms with Crippen molar-refractivity contribution in [2.45, 2.75) is 13.0 Å². The van der Waals surface area contributed by atoms with Gasteiger partial charge in [0.2, 0.25) is 0 Å². The van der Waals surface area contributed by atoms with Crippen LogP contribution in [0.25, 0.3) is 0 Å². The van der Waals surface area contributed by atoms with E-state index in [1.54, 1.807) is 13.2 Å². The van der Waals surface area contributed by atoms with Gasteiger partial charge >= 0.3 is 0 Å². The van der Waals surface area contributed by atoms with E-state index in [1.807, 2.05) is 31.2 Å². The monoisotopic (exact) mass is 306 g/mol.